The monoisotopic (exact) mass is 176 g/mol. The molecular weight excluding hydrogens is 164 g/mol. The first kappa shape index (κ1) is 8.40. The molecule has 2 aliphatic heterocycles. The SMILES string of the molecule is COC1C(O)OC2COC1C2O. The number of aliphatic hydroxyl groups excluding tert-OH is 2. The van der Waals surface area contributed by atoms with Crippen molar-refractivity contribution in [3.63, 3.8) is 0 Å². The van der Waals surface area contributed by atoms with E-state index in [1.165, 1.54) is 7.11 Å². The fraction of sp³-hybridized carbons (Fsp3) is 1.00. The van der Waals surface area contributed by atoms with Gasteiger partial charge in [0.05, 0.1) is 6.61 Å². The van der Waals surface area contributed by atoms with Crippen LogP contribution in [0.5, 0.6) is 0 Å². The van der Waals surface area contributed by atoms with Crippen molar-refractivity contribution in [2.75, 3.05) is 13.7 Å². The minimum absolute atomic E-state index is 0.322. The zero-order chi connectivity index (χ0) is 8.72. The zero-order valence-electron chi connectivity index (χ0n) is 6.71. The smallest absolute Gasteiger partial charge is 0.184 e. The van der Waals surface area contributed by atoms with Crippen molar-refractivity contribution >= 4 is 0 Å². The van der Waals surface area contributed by atoms with Gasteiger partial charge in [0.2, 0.25) is 0 Å². The molecule has 2 N–H and O–H groups in total. The van der Waals surface area contributed by atoms with Crippen molar-refractivity contribution in [3.8, 4) is 0 Å². The molecule has 0 aromatic heterocycles. The van der Waals surface area contributed by atoms with Crippen LogP contribution in [0.4, 0.5) is 0 Å². The molecule has 2 heterocycles. The average molecular weight is 176 g/mol. The predicted octanol–water partition coefficient (Wildman–Crippen LogP) is -1.52. The molecule has 0 radical (unpaired) electrons. The molecule has 2 aliphatic rings. The molecule has 0 spiro atoms. The third-order valence-electron chi connectivity index (χ3n) is 2.36. The largest absolute Gasteiger partial charge is 0.387 e. The maximum atomic E-state index is 9.49. The van der Waals surface area contributed by atoms with Crippen LogP contribution >= 0.6 is 0 Å². The van der Waals surface area contributed by atoms with E-state index >= 15 is 0 Å². The van der Waals surface area contributed by atoms with Crippen LogP contribution in [0.1, 0.15) is 0 Å². The van der Waals surface area contributed by atoms with Gasteiger partial charge in [0.25, 0.3) is 0 Å². The van der Waals surface area contributed by atoms with E-state index in [2.05, 4.69) is 0 Å². The summed E-state index contributed by atoms with van der Waals surface area (Å²) in [5, 5.41) is 18.8. The van der Waals surface area contributed by atoms with Gasteiger partial charge in [-0.3, -0.25) is 0 Å². The van der Waals surface area contributed by atoms with Gasteiger partial charge in [0.1, 0.15) is 24.4 Å². The third-order valence-corrected chi connectivity index (χ3v) is 2.36. The van der Waals surface area contributed by atoms with Crippen molar-refractivity contribution in [1.82, 2.24) is 0 Å². The van der Waals surface area contributed by atoms with E-state index in [1.54, 1.807) is 0 Å². The van der Waals surface area contributed by atoms with Crippen LogP contribution in [0.3, 0.4) is 0 Å². The maximum Gasteiger partial charge on any atom is 0.184 e. The standard InChI is InChI=1S/C7H12O5/c1-10-6-5-4(8)3(2-11-5)12-7(6)9/h3-9H,2H2,1H3. The number of hydrogen-bond donors (Lipinski definition) is 2. The molecular formula is C7H12O5. The topological polar surface area (TPSA) is 68.2 Å². The van der Waals surface area contributed by atoms with Gasteiger partial charge >= 0.3 is 0 Å². The summed E-state index contributed by atoms with van der Waals surface area (Å²) in [5.41, 5.74) is 0. The van der Waals surface area contributed by atoms with E-state index in [4.69, 9.17) is 14.2 Å². The van der Waals surface area contributed by atoms with Crippen LogP contribution in [-0.4, -0.2) is 54.6 Å². The fourth-order valence-corrected chi connectivity index (χ4v) is 1.69. The summed E-state index contributed by atoms with van der Waals surface area (Å²) in [6.07, 6.45) is -3.12. The first-order valence-electron chi connectivity index (χ1n) is 3.90. The molecule has 70 valence electrons. The first-order chi connectivity index (χ1) is 5.74. The first-order valence-corrected chi connectivity index (χ1v) is 3.90. The van der Waals surface area contributed by atoms with E-state index in [0.29, 0.717) is 6.61 Å². The number of ether oxygens (including phenoxy) is 3. The molecule has 2 rings (SSSR count). The van der Waals surface area contributed by atoms with Crippen LogP contribution in [0, 0.1) is 0 Å². The second-order valence-corrected chi connectivity index (χ2v) is 3.05. The normalized spacial score (nSPS) is 52.8. The lowest BCUT2D eigenvalue weighted by Gasteiger charge is -2.34. The molecule has 5 heteroatoms. The Kier molecular flexibility index (Phi) is 2.05. The Balaban J connectivity index is 2.14. The molecule has 0 aromatic carbocycles. The molecule has 2 bridgehead atoms. The summed E-state index contributed by atoms with van der Waals surface area (Å²) < 4.78 is 15.2. The minimum Gasteiger partial charge on any atom is -0.387 e. The molecule has 5 atom stereocenters. The van der Waals surface area contributed by atoms with Crippen LogP contribution < -0.4 is 0 Å². The van der Waals surface area contributed by atoms with Gasteiger partial charge in [0.15, 0.2) is 6.29 Å². The van der Waals surface area contributed by atoms with Crippen molar-refractivity contribution in [2.24, 2.45) is 0 Å². The van der Waals surface area contributed by atoms with Crippen molar-refractivity contribution < 1.29 is 24.4 Å². The minimum atomic E-state index is -0.990. The fourth-order valence-electron chi connectivity index (χ4n) is 1.69. The summed E-state index contributed by atoms with van der Waals surface area (Å²) in [6.45, 7) is 0.322. The van der Waals surface area contributed by atoms with Gasteiger partial charge in [-0.25, -0.2) is 0 Å². The van der Waals surface area contributed by atoms with E-state index in [1.807, 2.05) is 0 Å². The highest BCUT2D eigenvalue weighted by Gasteiger charge is 2.50. The number of aliphatic hydroxyl groups is 2. The van der Waals surface area contributed by atoms with Gasteiger partial charge in [-0.05, 0) is 0 Å². The third kappa shape index (κ3) is 1.06. The number of rotatable bonds is 1. The van der Waals surface area contributed by atoms with Crippen LogP contribution in [-0.2, 0) is 14.2 Å². The zero-order valence-corrected chi connectivity index (χ0v) is 6.71. The lowest BCUT2D eigenvalue weighted by Crippen LogP contribution is -2.53. The van der Waals surface area contributed by atoms with Crippen molar-refractivity contribution in [1.29, 1.82) is 0 Å². The molecule has 5 nitrogen and oxygen atoms in total. The van der Waals surface area contributed by atoms with Gasteiger partial charge in [-0.15, -0.1) is 0 Å². The molecule has 12 heavy (non-hydrogen) atoms. The molecule has 0 aromatic rings. The number of hydrogen-bond acceptors (Lipinski definition) is 5. The Labute approximate surface area is 69.8 Å². The Morgan fingerprint density at radius 1 is 1.42 bits per heavy atom. The lowest BCUT2D eigenvalue weighted by atomic mass is 10.0. The van der Waals surface area contributed by atoms with Gasteiger partial charge in [0, 0.05) is 7.11 Å². The van der Waals surface area contributed by atoms with Crippen LogP contribution in [0.15, 0.2) is 0 Å². The van der Waals surface area contributed by atoms with E-state index in [-0.39, 0.29) is 0 Å². The summed E-state index contributed by atoms with van der Waals surface area (Å²) >= 11 is 0. The highest BCUT2D eigenvalue weighted by molar-refractivity contribution is 4.95. The van der Waals surface area contributed by atoms with Crippen LogP contribution in [0.2, 0.25) is 0 Å². The van der Waals surface area contributed by atoms with Gasteiger partial charge in [-0.1, -0.05) is 0 Å². The van der Waals surface area contributed by atoms with Crippen molar-refractivity contribution in [2.45, 2.75) is 30.7 Å². The van der Waals surface area contributed by atoms with Crippen LogP contribution in [0.25, 0.3) is 0 Å². The predicted molar refractivity (Wildman–Crippen MR) is 37.4 cm³/mol. The highest BCUT2D eigenvalue weighted by Crippen LogP contribution is 2.29. The van der Waals surface area contributed by atoms with Gasteiger partial charge in [-0.2, -0.15) is 0 Å². The number of fused-ring (bicyclic) bond motifs is 2. The average Bonchev–Trinajstić information content (AvgIpc) is 2.34. The summed E-state index contributed by atoms with van der Waals surface area (Å²) in [6, 6.07) is 0. The van der Waals surface area contributed by atoms with Gasteiger partial charge < -0.3 is 24.4 Å². The molecule has 0 saturated carbocycles. The summed E-state index contributed by atoms with van der Waals surface area (Å²) in [7, 11) is 1.45. The summed E-state index contributed by atoms with van der Waals surface area (Å²) in [5.74, 6) is 0. The molecule has 2 saturated heterocycles. The summed E-state index contributed by atoms with van der Waals surface area (Å²) in [4.78, 5) is 0. The Morgan fingerprint density at radius 2 is 2.17 bits per heavy atom. The second-order valence-electron chi connectivity index (χ2n) is 3.05. The Morgan fingerprint density at radius 3 is 2.83 bits per heavy atom. The Hall–Kier alpha value is -0.200. The second kappa shape index (κ2) is 2.93. The molecule has 2 fully saturated rings. The number of methoxy groups -OCH3 is 1. The highest BCUT2D eigenvalue weighted by atomic mass is 16.7. The maximum absolute atomic E-state index is 9.49. The molecule has 0 aliphatic carbocycles. The Bertz CT molecular complexity index is 173. The van der Waals surface area contributed by atoms with Crippen molar-refractivity contribution in [3.05, 3.63) is 0 Å². The van der Waals surface area contributed by atoms with E-state index < -0.39 is 30.7 Å². The quantitative estimate of drug-likeness (QED) is 0.507. The van der Waals surface area contributed by atoms with E-state index in [9.17, 15) is 10.2 Å². The van der Waals surface area contributed by atoms with E-state index in [0.717, 1.165) is 0 Å². The lowest BCUT2D eigenvalue weighted by molar-refractivity contribution is -0.249. The molecule has 0 amide bonds. The molecule has 5 unspecified atom stereocenters.